The quantitative estimate of drug-likeness (QED) is 0.879. The second-order valence-corrected chi connectivity index (χ2v) is 6.85. The van der Waals surface area contributed by atoms with Crippen LogP contribution in [0.3, 0.4) is 0 Å². The molecule has 1 aromatic rings. The van der Waals surface area contributed by atoms with Gasteiger partial charge in [-0.15, -0.1) is 0 Å². The van der Waals surface area contributed by atoms with Crippen LogP contribution < -0.4 is 0 Å². The van der Waals surface area contributed by atoms with Gasteiger partial charge in [-0.3, -0.25) is 9.69 Å². The first kappa shape index (κ1) is 17.9. The summed E-state index contributed by atoms with van der Waals surface area (Å²) in [6.07, 6.45) is 2.38. The third-order valence-electron chi connectivity index (χ3n) is 4.98. The molecular weight excluding hydrogens is 320 g/mol. The molecule has 0 saturated carbocycles. The molecule has 1 aromatic carbocycles. The Labute approximate surface area is 148 Å². The van der Waals surface area contributed by atoms with Gasteiger partial charge in [-0.25, -0.2) is 4.79 Å². The van der Waals surface area contributed by atoms with E-state index in [1.54, 1.807) is 0 Å². The molecule has 6 nitrogen and oxygen atoms in total. The third kappa shape index (κ3) is 4.80. The topological polar surface area (TPSA) is 70.1 Å². The van der Waals surface area contributed by atoms with Gasteiger partial charge >= 0.3 is 5.97 Å². The lowest BCUT2D eigenvalue weighted by molar-refractivity contribution is -0.154. The summed E-state index contributed by atoms with van der Waals surface area (Å²) in [6.45, 7) is 3.53. The highest BCUT2D eigenvalue weighted by Crippen LogP contribution is 2.20. The van der Waals surface area contributed by atoms with Gasteiger partial charge in [0.25, 0.3) is 0 Å². The fourth-order valence-corrected chi connectivity index (χ4v) is 3.69. The molecule has 0 radical (unpaired) electrons. The van der Waals surface area contributed by atoms with Crippen molar-refractivity contribution < 1.29 is 19.4 Å². The van der Waals surface area contributed by atoms with Crippen molar-refractivity contribution in [3.63, 3.8) is 0 Å². The molecular formula is C19H26N2O4. The zero-order chi connectivity index (χ0) is 17.6. The summed E-state index contributed by atoms with van der Waals surface area (Å²) in [5.41, 5.74) is 1.25. The first-order chi connectivity index (χ1) is 12.1. The molecule has 0 aliphatic carbocycles. The summed E-state index contributed by atoms with van der Waals surface area (Å²) in [5.74, 6) is -0.998. The number of likely N-dealkylation sites (tertiary alicyclic amines) is 1. The molecule has 136 valence electrons. The molecule has 2 unspecified atom stereocenters. The van der Waals surface area contributed by atoms with Crippen molar-refractivity contribution in [3.05, 3.63) is 35.9 Å². The number of carboxylic acid groups (broad SMARTS) is 1. The number of carbonyl (C=O) groups is 2. The Balaban J connectivity index is 1.54. The maximum Gasteiger partial charge on any atom is 0.326 e. The van der Waals surface area contributed by atoms with E-state index < -0.39 is 12.0 Å². The number of morpholine rings is 1. The molecule has 25 heavy (non-hydrogen) atoms. The standard InChI is InChI=1S/C19H26N2O4/c22-18(21-9-5-4-8-17(21)19(23)24)12-16-14-20(10-11-25-16)13-15-6-2-1-3-7-15/h1-3,6-7,16-17H,4-5,8-14H2,(H,23,24). The summed E-state index contributed by atoms with van der Waals surface area (Å²) in [7, 11) is 0. The number of aliphatic carboxylic acids is 1. The molecule has 6 heteroatoms. The highest BCUT2D eigenvalue weighted by Gasteiger charge is 2.33. The van der Waals surface area contributed by atoms with E-state index in [1.807, 2.05) is 18.2 Å². The van der Waals surface area contributed by atoms with Crippen LogP contribution in [0.1, 0.15) is 31.2 Å². The van der Waals surface area contributed by atoms with Crippen molar-refractivity contribution in [2.24, 2.45) is 0 Å². The van der Waals surface area contributed by atoms with Crippen LogP contribution in [-0.4, -0.2) is 65.2 Å². The van der Waals surface area contributed by atoms with Crippen LogP contribution in [0, 0.1) is 0 Å². The Morgan fingerprint density at radius 1 is 1.16 bits per heavy atom. The zero-order valence-electron chi connectivity index (χ0n) is 14.5. The Hall–Kier alpha value is -1.92. The minimum atomic E-state index is -0.900. The molecule has 1 N–H and O–H groups in total. The summed E-state index contributed by atoms with van der Waals surface area (Å²) in [5, 5.41) is 9.34. The number of amides is 1. The molecule has 2 aliphatic heterocycles. The Bertz CT molecular complexity index is 592. The van der Waals surface area contributed by atoms with E-state index in [0.717, 1.165) is 25.9 Å². The number of piperidine rings is 1. The molecule has 1 amide bonds. The normalized spacial score (nSPS) is 24.9. The lowest BCUT2D eigenvalue weighted by Gasteiger charge is -2.36. The summed E-state index contributed by atoms with van der Waals surface area (Å²) >= 11 is 0. The fraction of sp³-hybridized carbons (Fsp3) is 0.579. The van der Waals surface area contributed by atoms with Gasteiger partial charge in [0.2, 0.25) is 5.91 Å². The van der Waals surface area contributed by atoms with Crippen molar-refractivity contribution in [2.75, 3.05) is 26.2 Å². The van der Waals surface area contributed by atoms with Gasteiger partial charge in [-0.05, 0) is 24.8 Å². The minimum absolute atomic E-state index is 0.0985. The molecule has 3 rings (SSSR count). The molecule has 0 aromatic heterocycles. The van der Waals surface area contributed by atoms with Crippen molar-refractivity contribution in [1.82, 2.24) is 9.80 Å². The van der Waals surface area contributed by atoms with Crippen molar-refractivity contribution in [3.8, 4) is 0 Å². The molecule has 0 spiro atoms. The first-order valence-corrected chi connectivity index (χ1v) is 9.03. The average molecular weight is 346 g/mol. The number of carboxylic acids is 1. The molecule has 2 aliphatic rings. The summed E-state index contributed by atoms with van der Waals surface area (Å²) < 4.78 is 5.77. The maximum atomic E-state index is 12.6. The molecule has 2 heterocycles. The van der Waals surface area contributed by atoms with Gasteiger partial charge < -0.3 is 14.7 Å². The molecule has 0 bridgehead atoms. The lowest BCUT2D eigenvalue weighted by Crippen LogP contribution is -2.50. The molecule has 2 saturated heterocycles. The number of hydrogen-bond acceptors (Lipinski definition) is 4. The van der Waals surface area contributed by atoms with Crippen LogP contribution in [0.25, 0.3) is 0 Å². The van der Waals surface area contributed by atoms with E-state index in [1.165, 1.54) is 10.5 Å². The lowest BCUT2D eigenvalue weighted by atomic mass is 10.0. The number of nitrogens with zero attached hydrogens (tertiary/aromatic N) is 2. The summed E-state index contributed by atoms with van der Waals surface area (Å²) in [6, 6.07) is 9.58. The third-order valence-corrected chi connectivity index (χ3v) is 4.98. The van der Waals surface area contributed by atoms with Crippen LogP contribution in [0.15, 0.2) is 30.3 Å². The maximum absolute atomic E-state index is 12.6. The predicted molar refractivity (Wildman–Crippen MR) is 93.1 cm³/mol. The van der Waals surface area contributed by atoms with Crippen LogP contribution in [0.5, 0.6) is 0 Å². The van der Waals surface area contributed by atoms with Gasteiger partial charge in [0.05, 0.1) is 19.1 Å². The van der Waals surface area contributed by atoms with Gasteiger partial charge in [-0.1, -0.05) is 30.3 Å². The van der Waals surface area contributed by atoms with E-state index in [-0.39, 0.29) is 18.4 Å². The largest absolute Gasteiger partial charge is 0.480 e. The van der Waals surface area contributed by atoms with Gasteiger partial charge in [-0.2, -0.15) is 0 Å². The first-order valence-electron chi connectivity index (χ1n) is 9.03. The highest BCUT2D eigenvalue weighted by atomic mass is 16.5. The second-order valence-electron chi connectivity index (χ2n) is 6.85. The Morgan fingerprint density at radius 2 is 1.96 bits per heavy atom. The van der Waals surface area contributed by atoms with Gasteiger partial charge in [0.1, 0.15) is 6.04 Å². The highest BCUT2D eigenvalue weighted by molar-refractivity contribution is 5.84. The minimum Gasteiger partial charge on any atom is -0.480 e. The zero-order valence-corrected chi connectivity index (χ0v) is 14.5. The number of rotatable bonds is 5. The van der Waals surface area contributed by atoms with Crippen LogP contribution in [-0.2, 0) is 20.9 Å². The number of carbonyl (C=O) groups excluding carboxylic acids is 1. The number of hydrogen-bond donors (Lipinski definition) is 1. The van der Waals surface area contributed by atoms with Crippen molar-refractivity contribution in [2.45, 2.75) is 44.4 Å². The van der Waals surface area contributed by atoms with Gasteiger partial charge in [0.15, 0.2) is 0 Å². The SMILES string of the molecule is O=C(O)C1CCCCN1C(=O)CC1CN(Cc2ccccc2)CCO1. The van der Waals surface area contributed by atoms with Crippen LogP contribution >= 0.6 is 0 Å². The van der Waals surface area contributed by atoms with E-state index in [4.69, 9.17) is 4.74 Å². The predicted octanol–water partition coefficient (Wildman–Crippen LogP) is 1.74. The average Bonchev–Trinajstić information content (AvgIpc) is 2.63. The monoisotopic (exact) mass is 346 g/mol. The molecule has 2 fully saturated rings. The van der Waals surface area contributed by atoms with Gasteiger partial charge in [0, 0.05) is 26.2 Å². The van der Waals surface area contributed by atoms with Crippen LogP contribution in [0.4, 0.5) is 0 Å². The van der Waals surface area contributed by atoms with Crippen molar-refractivity contribution in [1.29, 1.82) is 0 Å². The number of ether oxygens (including phenoxy) is 1. The van der Waals surface area contributed by atoms with E-state index >= 15 is 0 Å². The van der Waals surface area contributed by atoms with E-state index in [0.29, 0.717) is 26.1 Å². The van der Waals surface area contributed by atoms with E-state index in [2.05, 4.69) is 17.0 Å². The van der Waals surface area contributed by atoms with Crippen LogP contribution in [0.2, 0.25) is 0 Å². The van der Waals surface area contributed by atoms with E-state index in [9.17, 15) is 14.7 Å². The summed E-state index contributed by atoms with van der Waals surface area (Å²) in [4.78, 5) is 27.8. The Morgan fingerprint density at radius 3 is 2.72 bits per heavy atom. The second kappa shape index (κ2) is 8.45. The Kier molecular flexibility index (Phi) is 6.04. The number of benzene rings is 1. The van der Waals surface area contributed by atoms with Crippen molar-refractivity contribution >= 4 is 11.9 Å². The fourth-order valence-electron chi connectivity index (χ4n) is 3.69. The smallest absolute Gasteiger partial charge is 0.326 e. The molecule has 2 atom stereocenters.